The SMILES string of the molecule is C=C/C=C\C=C(/C)N(C(=C/C)/C(=C(/C=C\C=C)C(\C)=C/C)c1cccc2c1-c1ccccc1C21c2ccccc2C(C)(C)c2ccccc21)c1ccccc1. The molecule has 0 N–H and O–H groups in total. The van der Waals surface area contributed by atoms with Crippen molar-refractivity contribution in [3.63, 3.8) is 0 Å². The highest BCUT2D eigenvalue weighted by atomic mass is 15.2. The summed E-state index contributed by atoms with van der Waals surface area (Å²) in [5.74, 6) is 0. The van der Waals surface area contributed by atoms with Gasteiger partial charge in [-0.05, 0) is 107 Å². The first-order valence-corrected chi connectivity index (χ1v) is 19.4. The van der Waals surface area contributed by atoms with Crippen LogP contribution in [0, 0.1) is 0 Å². The van der Waals surface area contributed by atoms with E-state index in [1.54, 1.807) is 0 Å². The number of anilines is 1. The van der Waals surface area contributed by atoms with Crippen molar-refractivity contribution in [3.05, 3.63) is 251 Å². The Bertz CT molecular complexity index is 2420. The molecule has 55 heavy (non-hydrogen) atoms. The zero-order valence-electron chi connectivity index (χ0n) is 33.1. The van der Waals surface area contributed by atoms with E-state index in [2.05, 4.69) is 217 Å². The minimum atomic E-state index is -0.497. The fourth-order valence-corrected chi connectivity index (χ4v) is 9.11. The van der Waals surface area contributed by atoms with Crippen molar-refractivity contribution in [2.75, 3.05) is 4.90 Å². The largest absolute Gasteiger partial charge is 0.314 e. The first-order valence-electron chi connectivity index (χ1n) is 19.4. The van der Waals surface area contributed by atoms with E-state index in [0.717, 1.165) is 28.2 Å². The van der Waals surface area contributed by atoms with Gasteiger partial charge in [-0.15, -0.1) is 0 Å². The van der Waals surface area contributed by atoms with Crippen molar-refractivity contribution < 1.29 is 0 Å². The number of fused-ring (bicyclic) bond motifs is 9. The fourth-order valence-electron chi connectivity index (χ4n) is 9.11. The van der Waals surface area contributed by atoms with Crippen LogP contribution in [0.2, 0.25) is 0 Å². The van der Waals surface area contributed by atoms with Crippen LogP contribution in [0.5, 0.6) is 0 Å². The number of rotatable bonds is 10. The molecule has 0 fully saturated rings. The minimum Gasteiger partial charge on any atom is -0.314 e. The first kappa shape index (κ1) is 37.1. The molecule has 0 radical (unpaired) electrons. The van der Waals surface area contributed by atoms with Crippen molar-refractivity contribution >= 4 is 11.3 Å². The van der Waals surface area contributed by atoms with E-state index in [9.17, 15) is 0 Å². The Balaban J connectivity index is 1.65. The van der Waals surface area contributed by atoms with Crippen LogP contribution in [0.1, 0.15) is 80.5 Å². The van der Waals surface area contributed by atoms with Crippen molar-refractivity contribution in [1.82, 2.24) is 0 Å². The van der Waals surface area contributed by atoms with E-state index in [4.69, 9.17) is 0 Å². The first-order chi connectivity index (χ1) is 26.8. The Morgan fingerprint density at radius 2 is 1.15 bits per heavy atom. The minimum absolute atomic E-state index is 0.164. The van der Waals surface area contributed by atoms with Crippen LogP contribution in [0.15, 0.2) is 212 Å². The molecule has 272 valence electrons. The van der Waals surface area contributed by atoms with Crippen LogP contribution in [-0.4, -0.2) is 0 Å². The molecule has 0 atom stereocenters. The molecule has 0 unspecified atom stereocenters. The zero-order chi connectivity index (χ0) is 38.7. The molecule has 0 aliphatic heterocycles. The van der Waals surface area contributed by atoms with Crippen LogP contribution < -0.4 is 4.90 Å². The predicted molar refractivity (Wildman–Crippen MR) is 237 cm³/mol. The Hall–Kier alpha value is -6.18. The lowest BCUT2D eigenvalue weighted by molar-refractivity contribution is 0.563. The lowest BCUT2D eigenvalue weighted by Gasteiger charge is -2.46. The summed E-state index contributed by atoms with van der Waals surface area (Å²) in [6.07, 6.45) is 18.7. The zero-order valence-corrected chi connectivity index (χ0v) is 33.1. The molecule has 5 aromatic carbocycles. The van der Waals surface area contributed by atoms with E-state index in [1.807, 2.05) is 18.2 Å². The molecular formula is C54H51N. The molecule has 7 rings (SSSR count). The van der Waals surface area contributed by atoms with Gasteiger partial charge in [-0.2, -0.15) is 0 Å². The van der Waals surface area contributed by atoms with Gasteiger partial charge in [-0.25, -0.2) is 0 Å². The molecule has 0 bridgehead atoms. The summed E-state index contributed by atoms with van der Waals surface area (Å²) < 4.78 is 0. The van der Waals surface area contributed by atoms with Crippen LogP contribution in [-0.2, 0) is 10.8 Å². The van der Waals surface area contributed by atoms with E-state index in [0.29, 0.717) is 0 Å². The smallest absolute Gasteiger partial charge is 0.0719 e. The Kier molecular flexibility index (Phi) is 10.3. The van der Waals surface area contributed by atoms with Gasteiger partial charge in [0.1, 0.15) is 0 Å². The van der Waals surface area contributed by atoms with Gasteiger partial charge in [0.05, 0.1) is 5.41 Å². The summed E-state index contributed by atoms with van der Waals surface area (Å²) in [4.78, 5) is 2.39. The molecule has 0 saturated carbocycles. The number of nitrogens with zero attached hydrogens (tertiary/aromatic N) is 1. The second-order valence-corrected chi connectivity index (χ2v) is 14.9. The lowest BCUT2D eigenvalue weighted by Crippen LogP contribution is -2.40. The average molecular weight is 714 g/mol. The van der Waals surface area contributed by atoms with E-state index in [1.165, 1.54) is 55.6 Å². The quantitative estimate of drug-likeness (QED) is 0.128. The standard InChI is InChI=1S/C54H51N/c1-9-13-16-26-39(6)55(40-27-17-15-18-28-40)50(12-4)52(41(29-14-10-2)38(5)11-3)43-31-25-37-49-51(43)42-30-19-20-32-44(42)54(49)47-35-23-21-33-45(47)53(7,8)46-34-22-24-36-48(46)54/h9-37H,1-2H2,3-8H3/b16-13-,29-14-,38-11-,39-26+,50-12+,52-41-. The summed E-state index contributed by atoms with van der Waals surface area (Å²) in [5.41, 5.74) is 17.9. The fraction of sp³-hybridized carbons (Fsp3) is 0.148. The molecule has 5 aromatic rings. The molecule has 1 heteroatoms. The van der Waals surface area contributed by atoms with Gasteiger partial charge in [0.2, 0.25) is 0 Å². The summed E-state index contributed by atoms with van der Waals surface area (Å²) in [5, 5.41) is 0. The summed E-state index contributed by atoms with van der Waals surface area (Å²) in [7, 11) is 0. The number of para-hydroxylation sites is 1. The molecule has 1 nitrogen and oxygen atoms in total. The van der Waals surface area contributed by atoms with Gasteiger partial charge in [-0.3, -0.25) is 0 Å². The topological polar surface area (TPSA) is 3.24 Å². The number of allylic oxidation sites excluding steroid dienone is 13. The number of benzene rings is 5. The molecular weight excluding hydrogens is 663 g/mol. The normalized spacial score (nSPS) is 16.0. The van der Waals surface area contributed by atoms with E-state index >= 15 is 0 Å². The third-order valence-electron chi connectivity index (χ3n) is 11.6. The maximum atomic E-state index is 4.09. The Morgan fingerprint density at radius 3 is 1.75 bits per heavy atom. The summed E-state index contributed by atoms with van der Waals surface area (Å²) >= 11 is 0. The highest BCUT2D eigenvalue weighted by molar-refractivity contribution is 6.00. The Morgan fingerprint density at radius 1 is 0.582 bits per heavy atom. The van der Waals surface area contributed by atoms with Gasteiger partial charge in [0.25, 0.3) is 0 Å². The van der Waals surface area contributed by atoms with Crippen LogP contribution in [0.3, 0.4) is 0 Å². The van der Waals surface area contributed by atoms with E-state index in [-0.39, 0.29) is 5.41 Å². The maximum Gasteiger partial charge on any atom is 0.0719 e. The van der Waals surface area contributed by atoms with Crippen molar-refractivity contribution in [1.29, 1.82) is 0 Å². The van der Waals surface area contributed by atoms with Gasteiger partial charge >= 0.3 is 0 Å². The maximum absolute atomic E-state index is 4.09. The Labute approximate surface area is 329 Å². The molecule has 2 aliphatic carbocycles. The van der Waals surface area contributed by atoms with E-state index < -0.39 is 5.41 Å². The van der Waals surface area contributed by atoms with Crippen molar-refractivity contribution in [2.24, 2.45) is 0 Å². The van der Waals surface area contributed by atoms with Gasteiger partial charge in [0.15, 0.2) is 0 Å². The third kappa shape index (κ3) is 5.96. The summed E-state index contributed by atoms with van der Waals surface area (Å²) in [6.45, 7) is 21.4. The predicted octanol–water partition coefficient (Wildman–Crippen LogP) is 14.2. The van der Waals surface area contributed by atoms with Crippen LogP contribution >= 0.6 is 0 Å². The molecule has 0 heterocycles. The van der Waals surface area contributed by atoms with Crippen molar-refractivity contribution in [3.8, 4) is 11.1 Å². The van der Waals surface area contributed by atoms with Crippen molar-refractivity contribution in [2.45, 2.75) is 52.4 Å². The lowest BCUT2D eigenvalue weighted by atomic mass is 9.55. The average Bonchev–Trinajstić information content (AvgIpc) is 3.52. The highest BCUT2D eigenvalue weighted by Crippen LogP contribution is 2.63. The number of hydrogen-bond acceptors (Lipinski definition) is 1. The molecule has 0 saturated heterocycles. The highest BCUT2D eigenvalue weighted by Gasteiger charge is 2.53. The number of hydrogen-bond donors (Lipinski definition) is 0. The monoisotopic (exact) mass is 713 g/mol. The second kappa shape index (κ2) is 15.3. The van der Waals surface area contributed by atoms with Gasteiger partial charge in [0, 0.05) is 28.1 Å². The van der Waals surface area contributed by atoms with Crippen LogP contribution in [0.4, 0.5) is 5.69 Å². The second-order valence-electron chi connectivity index (χ2n) is 14.9. The van der Waals surface area contributed by atoms with Gasteiger partial charge in [-0.1, -0.05) is 185 Å². The van der Waals surface area contributed by atoms with Crippen LogP contribution in [0.25, 0.3) is 16.7 Å². The molecule has 1 spiro atoms. The summed E-state index contributed by atoms with van der Waals surface area (Å²) in [6, 6.07) is 45.1. The molecule has 2 aliphatic rings. The third-order valence-corrected chi connectivity index (χ3v) is 11.6. The molecule has 0 aromatic heterocycles. The van der Waals surface area contributed by atoms with Gasteiger partial charge < -0.3 is 4.90 Å². The molecule has 0 amide bonds.